The predicted molar refractivity (Wildman–Crippen MR) is 51.6 cm³/mol. The van der Waals surface area contributed by atoms with Gasteiger partial charge in [-0.3, -0.25) is 0 Å². The van der Waals surface area contributed by atoms with Crippen LogP contribution in [0.3, 0.4) is 0 Å². The van der Waals surface area contributed by atoms with Crippen LogP contribution in [0.25, 0.3) is 0 Å². The summed E-state index contributed by atoms with van der Waals surface area (Å²) in [5.41, 5.74) is 0.352. The first-order valence-corrected chi connectivity index (χ1v) is 4.34. The van der Waals surface area contributed by atoms with Gasteiger partial charge in [-0.25, -0.2) is 4.39 Å². The Morgan fingerprint density at radius 2 is 2.31 bits per heavy atom. The number of hydrogen-bond donors (Lipinski definition) is 2. The molecule has 1 aromatic rings. The lowest BCUT2D eigenvalue weighted by Crippen LogP contribution is -2.15. The summed E-state index contributed by atoms with van der Waals surface area (Å²) in [5, 5.41) is 12.1. The Kier molecular flexibility index (Phi) is 3.51. The number of rotatable bonds is 3. The maximum atomic E-state index is 13.1. The monoisotopic (exact) mass is 203 g/mol. The van der Waals surface area contributed by atoms with Crippen LogP contribution in [0.4, 0.5) is 10.1 Å². The molecule has 0 spiro atoms. The first-order valence-electron chi connectivity index (χ1n) is 3.96. The third-order valence-corrected chi connectivity index (χ3v) is 1.75. The maximum Gasteiger partial charge on any atom is 0.147 e. The van der Waals surface area contributed by atoms with Gasteiger partial charge in [-0.05, 0) is 25.1 Å². The second-order valence-electron chi connectivity index (χ2n) is 2.85. The fraction of sp³-hybridized carbons (Fsp3) is 0.333. The fourth-order valence-corrected chi connectivity index (χ4v) is 1.05. The van der Waals surface area contributed by atoms with Gasteiger partial charge in [-0.15, -0.1) is 0 Å². The quantitative estimate of drug-likeness (QED) is 0.790. The van der Waals surface area contributed by atoms with Gasteiger partial charge >= 0.3 is 0 Å². The van der Waals surface area contributed by atoms with Crippen LogP contribution < -0.4 is 5.32 Å². The van der Waals surface area contributed by atoms with Crippen molar-refractivity contribution in [3.05, 3.63) is 29.0 Å². The van der Waals surface area contributed by atoms with E-state index in [4.69, 9.17) is 16.7 Å². The molecule has 2 nitrogen and oxygen atoms in total. The topological polar surface area (TPSA) is 32.3 Å². The molecule has 0 amide bonds. The van der Waals surface area contributed by atoms with Gasteiger partial charge in [0.25, 0.3) is 0 Å². The minimum Gasteiger partial charge on any atom is -0.392 e. The molecule has 0 unspecified atom stereocenters. The third-order valence-electron chi connectivity index (χ3n) is 1.52. The molecular formula is C9H11ClFNO. The van der Waals surface area contributed by atoms with Gasteiger partial charge in [0.1, 0.15) is 5.82 Å². The Balaban J connectivity index is 2.67. The predicted octanol–water partition coefficient (Wildman–Crippen LogP) is 2.27. The Labute approximate surface area is 81.3 Å². The van der Waals surface area contributed by atoms with Crippen molar-refractivity contribution in [2.75, 3.05) is 11.9 Å². The minimum absolute atomic E-state index is 0.318. The van der Waals surface area contributed by atoms with Crippen molar-refractivity contribution in [1.82, 2.24) is 0 Å². The molecule has 0 aliphatic heterocycles. The molecule has 2 N–H and O–H groups in total. The fourth-order valence-electron chi connectivity index (χ4n) is 0.891. The van der Waals surface area contributed by atoms with Gasteiger partial charge in [0.2, 0.25) is 0 Å². The molecule has 0 aromatic heterocycles. The van der Waals surface area contributed by atoms with E-state index in [2.05, 4.69) is 5.32 Å². The number of nitrogens with one attached hydrogen (secondary N) is 1. The van der Waals surface area contributed by atoms with E-state index in [0.29, 0.717) is 17.3 Å². The number of anilines is 1. The van der Waals surface area contributed by atoms with Crippen LogP contribution in [-0.4, -0.2) is 17.8 Å². The molecule has 4 heteroatoms. The summed E-state index contributed by atoms with van der Waals surface area (Å²) >= 11 is 5.56. The average Bonchev–Trinajstić information content (AvgIpc) is 2.02. The van der Waals surface area contributed by atoms with E-state index < -0.39 is 11.9 Å². The van der Waals surface area contributed by atoms with E-state index in [1.165, 1.54) is 6.07 Å². The minimum atomic E-state index is -0.505. The molecule has 0 aliphatic carbocycles. The van der Waals surface area contributed by atoms with Crippen molar-refractivity contribution in [2.24, 2.45) is 0 Å². The van der Waals surface area contributed by atoms with E-state index in [0.717, 1.165) is 0 Å². The van der Waals surface area contributed by atoms with Crippen LogP contribution in [-0.2, 0) is 0 Å². The SMILES string of the molecule is C[C@@H](O)CNc1ccc(Cl)cc1F. The highest BCUT2D eigenvalue weighted by atomic mass is 35.5. The molecule has 1 atom stereocenters. The standard InChI is InChI=1S/C9H11ClFNO/c1-6(13)5-12-9-3-2-7(10)4-8(9)11/h2-4,6,12-13H,5H2,1H3/t6-/m1/s1. The first kappa shape index (κ1) is 10.3. The molecule has 0 bridgehead atoms. The van der Waals surface area contributed by atoms with Gasteiger partial charge < -0.3 is 10.4 Å². The first-order chi connectivity index (χ1) is 6.09. The van der Waals surface area contributed by atoms with Crippen molar-refractivity contribution < 1.29 is 9.50 Å². The maximum absolute atomic E-state index is 13.1. The number of hydrogen-bond acceptors (Lipinski definition) is 2. The van der Waals surface area contributed by atoms with Crippen molar-refractivity contribution in [2.45, 2.75) is 13.0 Å². The molecule has 1 rings (SSSR count). The van der Waals surface area contributed by atoms with Crippen LogP contribution >= 0.6 is 11.6 Å². The largest absolute Gasteiger partial charge is 0.392 e. The van der Waals surface area contributed by atoms with Crippen molar-refractivity contribution in [3.8, 4) is 0 Å². The van der Waals surface area contributed by atoms with E-state index >= 15 is 0 Å². The third kappa shape index (κ3) is 3.20. The molecule has 0 saturated heterocycles. The zero-order valence-corrected chi connectivity index (χ0v) is 7.98. The van der Waals surface area contributed by atoms with Crippen LogP contribution in [0.5, 0.6) is 0 Å². The summed E-state index contributed by atoms with van der Waals surface area (Å²) in [5.74, 6) is -0.409. The van der Waals surface area contributed by atoms with E-state index in [1.54, 1.807) is 19.1 Å². The summed E-state index contributed by atoms with van der Waals surface area (Å²) in [6.45, 7) is 1.94. The summed E-state index contributed by atoms with van der Waals surface area (Å²) < 4.78 is 13.1. The van der Waals surface area contributed by atoms with Gasteiger partial charge in [0.15, 0.2) is 0 Å². The lowest BCUT2D eigenvalue weighted by atomic mass is 10.3. The summed E-state index contributed by atoms with van der Waals surface area (Å²) in [4.78, 5) is 0. The van der Waals surface area contributed by atoms with Gasteiger partial charge in [-0.1, -0.05) is 11.6 Å². The van der Waals surface area contributed by atoms with Crippen LogP contribution in [0.2, 0.25) is 5.02 Å². The smallest absolute Gasteiger partial charge is 0.147 e. The molecule has 0 heterocycles. The van der Waals surface area contributed by atoms with Gasteiger partial charge in [-0.2, -0.15) is 0 Å². The highest BCUT2D eigenvalue weighted by Crippen LogP contribution is 2.18. The Bertz CT molecular complexity index is 291. The number of benzene rings is 1. The van der Waals surface area contributed by atoms with E-state index in [9.17, 15) is 4.39 Å². The molecular weight excluding hydrogens is 193 g/mol. The van der Waals surface area contributed by atoms with Crippen molar-refractivity contribution in [3.63, 3.8) is 0 Å². The number of halogens is 2. The second-order valence-corrected chi connectivity index (χ2v) is 3.29. The normalized spacial score (nSPS) is 12.6. The van der Waals surface area contributed by atoms with Crippen molar-refractivity contribution in [1.29, 1.82) is 0 Å². The lowest BCUT2D eigenvalue weighted by molar-refractivity contribution is 0.208. The van der Waals surface area contributed by atoms with E-state index in [-0.39, 0.29) is 0 Å². The van der Waals surface area contributed by atoms with Crippen molar-refractivity contribution >= 4 is 17.3 Å². The number of aliphatic hydroxyl groups excluding tert-OH is 1. The second kappa shape index (κ2) is 4.44. The highest BCUT2D eigenvalue weighted by molar-refractivity contribution is 6.30. The molecule has 0 aliphatic rings. The van der Waals surface area contributed by atoms with E-state index in [1.807, 2.05) is 0 Å². The molecule has 0 radical (unpaired) electrons. The molecule has 0 fully saturated rings. The molecule has 13 heavy (non-hydrogen) atoms. The van der Waals surface area contributed by atoms with Gasteiger partial charge in [0, 0.05) is 11.6 Å². The van der Waals surface area contributed by atoms with Crippen LogP contribution in [0.1, 0.15) is 6.92 Å². The van der Waals surface area contributed by atoms with Gasteiger partial charge in [0.05, 0.1) is 11.8 Å². The molecule has 72 valence electrons. The highest BCUT2D eigenvalue weighted by Gasteiger charge is 2.02. The lowest BCUT2D eigenvalue weighted by Gasteiger charge is -2.08. The van der Waals surface area contributed by atoms with Crippen LogP contribution in [0.15, 0.2) is 18.2 Å². The zero-order valence-electron chi connectivity index (χ0n) is 7.22. The Morgan fingerprint density at radius 1 is 1.62 bits per heavy atom. The Morgan fingerprint density at radius 3 is 2.85 bits per heavy atom. The Hall–Kier alpha value is -0.800. The summed E-state index contributed by atoms with van der Waals surface area (Å²) in [6, 6.07) is 4.36. The molecule has 1 aromatic carbocycles. The van der Waals surface area contributed by atoms with Crippen LogP contribution in [0, 0.1) is 5.82 Å². The summed E-state index contributed by atoms with van der Waals surface area (Å²) in [7, 11) is 0. The zero-order chi connectivity index (χ0) is 9.84. The number of aliphatic hydroxyl groups is 1. The average molecular weight is 204 g/mol. The summed E-state index contributed by atoms with van der Waals surface area (Å²) in [6.07, 6.45) is -0.505. The molecule has 0 saturated carbocycles.